The summed E-state index contributed by atoms with van der Waals surface area (Å²) in [7, 11) is 0. The number of rotatable bonds is 8. The molecule has 0 amide bonds. The fraction of sp³-hybridized carbons (Fsp3) is 0.440. The van der Waals surface area contributed by atoms with Crippen LogP contribution >= 0.6 is 12.2 Å². The average molecular weight is 479 g/mol. The topological polar surface area (TPSA) is 102 Å². The van der Waals surface area contributed by atoms with Gasteiger partial charge in [-0.2, -0.15) is 0 Å². The van der Waals surface area contributed by atoms with Crippen molar-refractivity contribution < 1.29 is 9.53 Å². The lowest BCUT2D eigenvalue weighted by Crippen LogP contribution is -2.44. The number of hydrogen-bond acceptors (Lipinski definition) is 5. The van der Waals surface area contributed by atoms with Crippen LogP contribution in [0, 0.1) is 5.92 Å². The first-order valence-electron chi connectivity index (χ1n) is 11.8. The van der Waals surface area contributed by atoms with Crippen LogP contribution in [-0.4, -0.2) is 41.7 Å². The van der Waals surface area contributed by atoms with Gasteiger partial charge in [0.25, 0.3) is 0 Å². The lowest BCUT2D eigenvalue weighted by atomic mass is 9.80. The summed E-state index contributed by atoms with van der Waals surface area (Å²) in [5, 5.41) is 11.5. The van der Waals surface area contributed by atoms with Gasteiger partial charge in [-0.25, -0.2) is 4.79 Å². The number of carbonyl (C=O) groups excluding carboxylic acids is 1. The molecule has 2 N–H and O–H groups in total. The molecular formula is C25H30N6O2S. The van der Waals surface area contributed by atoms with Crippen LogP contribution < -0.4 is 10.6 Å². The molecule has 1 saturated heterocycles. The first-order valence-corrected chi connectivity index (χ1v) is 12.2. The summed E-state index contributed by atoms with van der Waals surface area (Å²) in [4.78, 5) is 17.6. The Kier molecular flexibility index (Phi) is 7.87. The highest BCUT2D eigenvalue weighted by Gasteiger charge is 2.44. The van der Waals surface area contributed by atoms with Gasteiger partial charge in [-0.3, -0.25) is 0 Å². The lowest BCUT2D eigenvalue weighted by molar-refractivity contribution is 0.0526. The SMILES string of the molecule is CCOC(=O)c1ccc2c(c1)[C@H]1[C@H](CCN1C(=S)NCc1ccccc1)[C@H](CCCN=[N+]=[N-])N2. The van der Waals surface area contributed by atoms with Crippen molar-refractivity contribution in [2.75, 3.05) is 25.0 Å². The third-order valence-corrected chi connectivity index (χ3v) is 6.95. The number of hydrogen-bond donors (Lipinski definition) is 2. The summed E-state index contributed by atoms with van der Waals surface area (Å²) in [6.45, 7) is 4.14. The molecule has 0 bridgehead atoms. The van der Waals surface area contributed by atoms with E-state index in [9.17, 15) is 4.79 Å². The summed E-state index contributed by atoms with van der Waals surface area (Å²) < 4.78 is 5.24. The summed E-state index contributed by atoms with van der Waals surface area (Å²) in [5.41, 5.74) is 12.4. The standard InChI is InChI=1S/C25H30N6O2S/c1-2-33-24(32)18-10-11-22-20(15-18)23-19(21(29-22)9-6-13-28-30-26)12-14-31(23)25(34)27-16-17-7-4-3-5-8-17/h3-5,7-8,10-11,15,19,21,23,29H,2,6,9,12-14,16H2,1H3,(H,27,34)/t19-,21+,23-/m1/s1. The van der Waals surface area contributed by atoms with Crippen molar-refractivity contribution in [3.05, 3.63) is 75.7 Å². The maximum Gasteiger partial charge on any atom is 0.338 e. The van der Waals surface area contributed by atoms with Crippen LogP contribution in [0.15, 0.2) is 53.6 Å². The minimum atomic E-state index is -0.312. The van der Waals surface area contributed by atoms with E-state index < -0.39 is 0 Å². The van der Waals surface area contributed by atoms with Crippen molar-refractivity contribution in [3.8, 4) is 0 Å². The molecule has 0 aliphatic carbocycles. The van der Waals surface area contributed by atoms with Gasteiger partial charge in [-0.1, -0.05) is 35.4 Å². The van der Waals surface area contributed by atoms with Crippen molar-refractivity contribution in [1.82, 2.24) is 10.2 Å². The van der Waals surface area contributed by atoms with E-state index in [4.69, 9.17) is 22.5 Å². The van der Waals surface area contributed by atoms with E-state index in [2.05, 4.69) is 37.7 Å². The number of fused-ring (bicyclic) bond motifs is 3. The third kappa shape index (κ3) is 5.26. The van der Waals surface area contributed by atoms with Crippen LogP contribution in [0.25, 0.3) is 10.4 Å². The number of ether oxygens (including phenoxy) is 1. The molecule has 1 fully saturated rings. The Balaban J connectivity index is 1.58. The van der Waals surface area contributed by atoms with E-state index in [-0.39, 0.29) is 18.1 Å². The molecule has 0 spiro atoms. The van der Waals surface area contributed by atoms with E-state index in [1.54, 1.807) is 0 Å². The molecule has 0 saturated carbocycles. The van der Waals surface area contributed by atoms with Crippen LogP contribution in [0.2, 0.25) is 0 Å². The Morgan fingerprint density at radius 3 is 2.91 bits per heavy atom. The van der Waals surface area contributed by atoms with E-state index in [0.717, 1.165) is 42.2 Å². The molecule has 4 rings (SSSR count). The molecular weight excluding hydrogens is 448 g/mol. The van der Waals surface area contributed by atoms with Crippen LogP contribution in [0.4, 0.5) is 5.69 Å². The number of nitrogens with one attached hydrogen (secondary N) is 2. The summed E-state index contributed by atoms with van der Waals surface area (Å²) >= 11 is 5.84. The maximum absolute atomic E-state index is 12.4. The van der Waals surface area contributed by atoms with E-state index in [1.165, 1.54) is 5.56 Å². The molecule has 2 heterocycles. The predicted molar refractivity (Wildman–Crippen MR) is 136 cm³/mol. The van der Waals surface area contributed by atoms with Crippen LogP contribution in [-0.2, 0) is 11.3 Å². The molecule has 0 unspecified atom stereocenters. The molecule has 9 heteroatoms. The van der Waals surface area contributed by atoms with Crippen LogP contribution in [0.5, 0.6) is 0 Å². The quantitative estimate of drug-likeness (QED) is 0.135. The van der Waals surface area contributed by atoms with Crippen molar-refractivity contribution >= 4 is 29.0 Å². The van der Waals surface area contributed by atoms with Crippen molar-refractivity contribution in [2.45, 2.75) is 44.8 Å². The molecule has 2 aromatic rings. The first-order chi connectivity index (χ1) is 16.6. The maximum atomic E-state index is 12.4. The highest BCUT2D eigenvalue weighted by Crippen LogP contribution is 2.47. The first kappa shape index (κ1) is 23.9. The molecule has 2 aliphatic rings. The highest BCUT2D eigenvalue weighted by molar-refractivity contribution is 7.80. The molecule has 0 radical (unpaired) electrons. The minimum Gasteiger partial charge on any atom is -0.462 e. The second kappa shape index (κ2) is 11.2. The Morgan fingerprint density at radius 1 is 1.32 bits per heavy atom. The lowest BCUT2D eigenvalue weighted by Gasteiger charge is -2.41. The Bertz CT molecular complexity index is 1070. The minimum absolute atomic E-state index is 0.0610. The summed E-state index contributed by atoms with van der Waals surface area (Å²) in [6.07, 6.45) is 2.70. The zero-order valence-electron chi connectivity index (χ0n) is 19.3. The van der Waals surface area contributed by atoms with Gasteiger partial charge in [0.1, 0.15) is 0 Å². The number of esters is 1. The van der Waals surface area contributed by atoms with Gasteiger partial charge < -0.3 is 20.3 Å². The van der Waals surface area contributed by atoms with Gasteiger partial charge in [0, 0.05) is 42.2 Å². The van der Waals surface area contributed by atoms with E-state index in [1.807, 2.05) is 43.3 Å². The third-order valence-electron chi connectivity index (χ3n) is 6.57. The van der Waals surface area contributed by atoms with Gasteiger partial charge in [-0.05, 0) is 73.3 Å². The molecule has 0 aromatic heterocycles. The van der Waals surface area contributed by atoms with E-state index in [0.29, 0.717) is 31.2 Å². The van der Waals surface area contributed by atoms with Gasteiger partial charge in [0.15, 0.2) is 5.11 Å². The van der Waals surface area contributed by atoms with Crippen LogP contribution in [0.1, 0.15) is 53.7 Å². The van der Waals surface area contributed by atoms with Gasteiger partial charge in [0.05, 0.1) is 18.2 Å². The average Bonchev–Trinajstić information content (AvgIpc) is 3.31. The molecule has 2 aliphatic heterocycles. The molecule has 34 heavy (non-hydrogen) atoms. The Hall–Kier alpha value is -3.29. The zero-order valence-corrected chi connectivity index (χ0v) is 20.1. The number of benzene rings is 2. The monoisotopic (exact) mass is 478 g/mol. The fourth-order valence-electron chi connectivity index (χ4n) is 5.04. The van der Waals surface area contributed by atoms with Crippen molar-refractivity contribution in [3.63, 3.8) is 0 Å². The largest absolute Gasteiger partial charge is 0.462 e. The van der Waals surface area contributed by atoms with Gasteiger partial charge in [0.2, 0.25) is 0 Å². The zero-order chi connectivity index (χ0) is 23.9. The molecule has 178 valence electrons. The number of anilines is 1. The van der Waals surface area contributed by atoms with Crippen molar-refractivity contribution in [2.24, 2.45) is 11.0 Å². The second-order valence-electron chi connectivity index (χ2n) is 8.61. The summed E-state index contributed by atoms with van der Waals surface area (Å²) in [6, 6.07) is 16.2. The normalized spacial score (nSPS) is 20.4. The highest BCUT2D eigenvalue weighted by atomic mass is 32.1. The molecule has 2 aromatic carbocycles. The predicted octanol–water partition coefficient (Wildman–Crippen LogP) is 5.19. The Morgan fingerprint density at radius 2 is 2.15 bits per heavy atom. The number of nitrogens with zero attached hydrogens (tertiary/aromatic N) is 4. The second-order valence-corrected chi connectivity index (χ2v) is 8.99. The fourth-order valence-corrected chi connectivity index (χ4v) is 5.32. The smallest absolute Gasteiger partial charge is 0.338 e. The van der Waals surface area contributed by atoms with Gasteiger partial charge >= 0.3 is 5.97 Å². The van der Waals surface area contributed by atoms with E-state index >= 15 is 0 Å². The summed E-state index contributed by atoms with van der Waals surface area (Å²) in [5.74, 6) is 0.0140. The number of thiocarbonyl (C=S) groups is 1. The molecule has 8 nitrogen and oxygen atoms in total. The Labute approximate surface area is 205 Å². The molecule has 3 atom stereocenters. The van der Waals surface area contributed by atoms with Gasteiger partial charge in [-0.15, -0.1) is 0 Å². The number of likely N-dealkylation sites (tertiary alicyclic amines) is 1. The van der Waals surface area contributed by atoms with Crippen LogP contribution in [0.3, 0.4) is 0 Å². The number of azide groups is 1. The van der Waals surface area contributed by atoms with Crippen molar-refractivity contribution in [1.29, 1.82) is 0 Å². The number of carbonyl (C=O) groups is 1.